The van der Waals surface area contributed by atoms with Crippen LogP contribution in [0, 0.1) is 12.8 Å². The number of benzene rings is 2. The van der Waals surface area contributed by atoms with Gasteiger partial charge >= 0.3 is 12.1 Å². The van der Waals surface area contributed by atoms with Crippen molar-refractivity contribution >= 4 is 5.97 Å². The molecule has 0 aliphatic heterocycles. The van der Waals surface area contributed by atoms with Crippen LogP contribution in [0.1, 0.15) is 42.9 Å². The van der Waals surface area contributed by atoms with Crippen molar-refractivity contribution in [2.24, 2.45) is 5.92 Å². The Labute approximate surface area is 152 Å². The van der Waals surface area contributed by atoms with E-state index in [2.05, 4.69) is 0 Å². The van der Waals surface area contributed by atoms with Crippen LogP contribution in [0.25, 0.3) is 11.1 Å². The molecule has 0 aliphatic carbocycles. The summed E-state index contributed by atoms with van der Waals surface area (Å²) in [6, 6.07) is 10.7. The third-order valence-electron chi connectivity index (χ3n) is 4.24. The second kappa shape index (κ2) is 7.94. The summed E-state index contributed by atoms with van der Waals surface area (Å²) in [6.07, 6.45) is -3.72. The van der Waals surface area contributed by atoms with E-state index in [1.807, 2.05) is 39.0 Å². The summed E-state index contributed by atoms with van der Waals surface area (Å²) in [7, 11) is 1.36. The van der Waals surface area contributed by atoms with E-state index in [-0.39, 0.29) is 5.97 Å². The number of hydrogen-bond acceptors (Lipinski definition) is 2. The predicted molar refractivity (Wildman–Crippen MR) is 95.8 cm³/mol. The molecule has 0 N–H and O–H groups in total. The van der Waals surface area contributed by atoms with Crippen molar-refractivity contribution in [3.63, 3.8) is 0 Å². The number of halogens is 3. The van der Waals surface area contributed by atoms with Gasteiger partial charge in [0, 0.05) is 0 Å². The highest BCUT2D eigenvalue weighted by molar-refractivity contribution is 5.79. The monoisotopic (exact) mass is 364 g/mol. The fourth-order valence-electron chi connectivity index (χ4n) is 3.01. The molecule has 2 aromatic carbocycles. The largest absolute Gasteiger partial charge is 0.469 e. The van der Waals surface area contributed by atoms with Gasteiger partial charge in [0.25, 0.3) is 0 Å². The van der Waals surface area contributed by atoms with Crippen molar-refractivity contribution < 1.29 is 22.7 Å². The number of methoxy groups -OCH3 is 1. The molecule has 0 aliphatic rings. The maximum absolute atomic E-state index is 12.8. The van der Waals surface area contributed by atoms with Gasteiger partial charge in [-0.3, -0.25) is 4.79 Å². The van der Waals surface area contributed by atoms with Gasteiger partial charge in [-0.2, -0.15) is 13.2 Å². The molecule has 0 bridgehead atoms. The number of alkyl halides is 3. The molecule has 2 nitrogen and oxygen atoms in total. The van der Waals surface area contributed by atoms with Crippen LogP contribution in [0.2, 0.25) is 0 Å². The lowest BCUT2D eigenvalue weighted by atomic mass is 9.87. The van der Waals surface area contributed by atoms with Gasteiger partial charge in [-0.25, -0.2) is 0 Å². The summed E-state index contributed by atoms with van der Waals surface area (Å²) >= 11 is 0. The fraction of sp³-hybridized carbons (Fsp3) is 0.381. The van der Waals surface area contributed by atoms with Gasteiger partial charge in [0.05, 0.1) is 18.6 Å². The lowest BCUT2D eigenvalue weighted by molar-refractivity contribution is -0.143. The van der Waals surface area contributed by atoms with E-state index >= 15 is 0 Å². The number of ether oxygens (including phenoxy) is 1. The molecular formula is C21H23F3O2. The maximum atomic E-state index is 12.8. The van der Waals surface area contributed by atoms with E-state index in [1.165, 1.54) is 19.2 Å². The van der Waals surface area contributed by atoms with Crippen LogP contribution in [0.4, 0.5) is 13.2 Å². The molecule has 0 saturated carbocycles. The molecule has 26 heavy (non-hydrogen) atoms. The molecule has 1 atom stereocenters. The Morgan fingerprint density at radius 1 is 1.04 bits per heavy atom. The Bertz CT molecular complexity index is 762. The summed E-state index contributed by atoms with van der Waals surface area (Å²) in [4.78, 5) is 12.2. The Morgan fingerprint density at radius 2 is 1.65 bits per heavy atom. The minimum Gasteiger partial charge on any atom is -0.469 e. The molecule has 140 valence electrons. The van der Waals surface area contributed by atoms with E-state index in [9.17, 15) is 18.0 Å². The van der Waals surface area contributed by atoms with Gasteiger partial charge < -0.3 is 4.74 Å². The molecule has 0 aromatic heterocycles. The third kappa shape index (κ3) is 4.87. The first-order valence-corrected chi connectivity index (χ1v) is 8.49. The van der Waals surface area contributed by atoms with Gasteiger partial charge in [0.2, 0.25) is 0 Å². The van der Waals surface area contributed by atoms with Crippen molar-refractivity contribution in [1.29, 1.82) is 0 Å². The van der Waals surface area contributed by atoms with Crippen LogP contribution < -0.4 is 0 Å². The van der Waals surface area contributed by atoms with Crippen LogP contribution in [-0.2, 0) is 15.7 Å². The second-order valence-corrected chi connectivity index (χ2v) is 6.91. The smallest absolute Gasteiger partial charge is 0.416 e. The summed E-state index contributed by atoms with van der Waals surface area (Å²) < 4.78 is 43.2. The normalized spacial score (nSPS) is 12.9. The van der Waals surface area contributed by atoms with Crippen LogP contribution in [0.5, 0.6) is 0 Å². The van der Waals surface area contributed by atoms with Gasteiger partial charge in [0.15, 0.2) is 0 Å². The Balaban J connectivity index is 2.44. The molecule has 0 radical (unpaired) electrons. The zero-order valence-corrected chi connectivity index (χ0v) is 15.4. The highest BCUT2D eigenvalue weighted by atomic mass is 19.4. The summed E-state index contributed by atoms with van der Waals surface area (Å²) in [5, 5.41) is 0. The average molecular weight is 364 g/mol. The predicted octanol–water partition coefficient (Wildman–Crippen LogP) is 5.98. The molecule has 2 aromatic rings. The zero-order valence-electron chi connectivity index (χ0n) is 15.4. The Hall–Kier alpha value is -2.30. The van der Waals surface area contributed by atoms with E-state index < -0.39 is 17.7 Å². The molecule has 0 spiro atoms. The van der Waals surface area contributed by atoms with Crippen molar-refractivity contribution in [2.45, 2.75) is 39.3 Å². The van der Waals surface area contributed by atoms with Crippen molar-refractivity contribution in [2.75, 3.05) is 7.11 Å². The van der Waals surface area contributed by atoms with Crippen molar-refractivity contribution in [3.8, 4) is 11.1 Å². The molecule has 1 unspecified atom stereocenters. The van der Waals surface area contributed by atoms with Crippen LogP contribution in [-0.4, -0.2) is 13.1 Å². The topological polar surface area (TPSA) is 26.3 Å². The van der Waals surface area contributed by atoms with Crippen LogP contribution >= 0.6 is 0 Å². The van der Waals surface area contributed by atoms with Crippen LogP contribution in [0.15, 0.2) is 42.5 Å². The van der Waals surface area contributed by atoms with Gasteiger partial charge in [-0.15, -0.1) is 0 Å². The summed E-state index contributed by atoms with van der Waals surface area (Å²) in [6.45, 7) is 5.96. The Kier molecular flexibility index (Phi) is 6.11. The Morgan fingerprint density at radius 3 is 2.15 bits per heavy atom. The van der Waals surface area contributed by atoms with Crippen molar-refractivity contribution in [1.82, 2.24) is 0 Å². The summed E-state index contributed by atoms with van der Waals surface area (Å²) in [5.74, 6) is -0.398. The first-order valence-electron chi connectivity index (χ1n) is 8.49. The third-order valence-corrected chi connectivity index (χ3v) is 4.24. The van der Waals surface area contributed by atoms with E-state index in [0.29, 0.717) is 17.9 Å². The molecule has 2 rings (SSSR count). The van der Waals surface area contributed by atoms with Crippen molar-refractivity contribution in [3.05, 3.63) is 59.2 Å². The number of esters is 1. The molecule has 0 saturated heterocycles. The minimum absolute atomic E-state index is 0.300. The van der Waals surface area contributed by atoms with E-state index in [4.69, 9.17) is 4.74 Å². The maximum Gasteiger partial charge on any atom is 0.416 e. The second-order valence-electron chi connectivity index (χ2n) is 6.91. The van der Waals surface area contributed by atoms with Gasteiger partial charge in [-0.05, 0) is 48.1 Å². The lowest BCUT2D eigenvalue weighted by Crippen LogP contribution is -2.16. The number of carbonyl (C=O) groups excluding carboxylic acids is 1. The van der Waals surface area contributed by atoms with Gasteiger partial charge in [-0.1, -0.05) is 49.7 Å². The molecular weight excluding hydrogens is 341 g/mol. The molecule has 0 fully saturated rings. The quantitative estimate of drug-likeness (QED) is 0.610. The van der Waals surface area contributed by atoms with Gasteiger partial charge in [0.1, 0.15) is 0 Å². The summed E-state index contributed by atoms with van der Waals surface area (Å²) in [5.41, 5.74) is 2.54. The number of carbonyl (C=O) groups is 1. The SMILES string of the molecule is COC(=O)C(CC(C)C)c1cc(C)cc(-c2ccc(C(F)(F)F)cc2)c1. The van der Waals surface area contributed by atoms with E-state index in [1.54, 1.807) is 0 Å². The highest BCUT2D eigenvalue weighted by Gasteiger charge is 2.30. The lowest BCUT2D eigenvalue weighted by Gasteiger charge is -2.19. The highest BCUT2D eigenvalue weighted by Crippen LogP contribution is 2.33. The first kappa shape index (κ1) is 20.0. The standard InChI is InChI=1S/C21H23F3O2/c1-13(2)9-19(20(25)26-4)17-11-14(3)10-16(12-17)15-5-7-18(8-6-15)21(22,23)24/h5-8,10-13,19H,9H2,1-4H3. The molecule has 5 heteroatoms. The number of hydrogen-bond donors (Lipinski definition) is 0. The first-order chi connectivity index (χ1) is 12.1. The average Bonchev–Trinajstić information content (AvgIpc) is 2.57. The minimum atomic E-state index is -4.36. The number of aryl methyl sites for hydroxylation is 1. The van der Waals surface area contributed by atoms with E-state index in [0.717, 1.165) is 28.8 Å². The fourth-order valence-corrected chi connectivity index (χ4v) is 3.01. The molecule has 0 heterocycles. The van der Waals surface area contributed by atoms with Crippen LogP contribution in [0.3, 0.4) is 0 Å². The zero-order chi connectivity index (χ0) is 19.5. The number of rotatable bonds is 5. The molecule has 0 amide bonds.